The first kappa shape index (κ1) is 15.8. The van der Waals surface area contributed by atoms with Crippen LogP contribution in [0.1, 0.15) is 23.2 Å². The molecule has 1 aromatic rings. The number of nitrogens with two attached hydrogens (primary N) is 1. The van der Waals surface area contributed by atoms with Gasteiger partial charge in [-0.05, 0) is 37.0 Å². The van der Waals surface area contributed by atoms with Crippen molar-refractivity contribution in [1.82, 2.24) is 5.32 Å². The van der Waals surface area contributed by atoms with E-state index in [2.05, 4.69) is 21.2 Å². The molecule has 3 nitrogen and oxygen atoms in total. The fourth-order valence-corrected chi connectivity index (χ4v) is 2.43. The fraction of sp³-hybridized carbons (Fsp3) is 0.417. The van der Waals surface area contributed by atoms with Gasteiger partial charge < -0.3 is 11.1 Å². The molecule has 1 saturated carbocycles. The number of halogens is 3. The third-order valence-corrected chi connectivity index (χ3v) is 3.71. The topological polar surface area (TPSA) is 55.1 Å². The van der Waals surface area contributed by atoms with Crippen LogP contribution in [0.2, 0.25) is 5.02 Å². The number of nitrogens with one attached hydrogen (secondary N) is 1. The van der Waals surface area contributed by atoms with E-state index in [4.69, 9.17) is 17.3 Å². The summed E-state index contributed by atoms with van der Waals surface area (Å²) in [5.41, 5.74) is 6.40. The second-order valence-corrected chi connectivity index (χ2v) is 5.66. The van der Waals surface area contributed by atoms with Crippen molar-refractivity contribution in [2.24, 2.45) is 11.7 Å². The van der Waals surface area contributed by atoms with E-state index in [0.29, 0.717) is 23.0 Å². The molecule has 0 radical (unpaired) electrons. The van der Waals surface area contributed by atoms with Crippen LogP contribution in [0.5, 0.6) is 0 Å². The van der Waals surface area contributed by atoms with Crippen LogP contribution in [0.4, 0.5) is 0 Å². The van der Waals surface area contributed by atoms with E-state index in [0.717, 1.165) is 4.47 Å². The number of amides is 1. The number of benzene rings is 1. The van der Waals surface area contributed by atoms with Crippen LogP contribution < -0.4 is 11.1 Å². The highest BCUT2D eigenvalue weighted by molar-refractivity contribution is 9.10. The lowest BCUT2D eigenvalue weighted by Crippen LogP contribution is -2.38. The van der Waals surface area contributed by atoms with Crippen LogP contribution in [0.3, 0.4) is 0 Å². The molecule has 1 amide bonds. The Balaban J connectivity index is 0.00000162. The third-order valence-electron chi connectivity index (χ3n) is 2.90. The average molecular weight is 354 g/mol. The van der Waals surface area contributed by atoms with Crippen molar-refractivity contribution < 1.29 is 4.79 Å². The summed E-state index contributed by atoms with van der Waals surface area (Å²) in [6, 6.07) is 5.26. The van der Waals surface area contributed by atoms with E-state index < -0.39 is 0 Å². The van der Waals surface area contributed by atoms with Gasteiger partial charge in [-0.1, -0.05) is 27.5 Å². The minimum absolute atomic E-state index is 0. The SMILES string of the molecule is Cl.NC(CNC(=O)c1ccc(Br)cc1Cl)C1CC1. The number of hydrogen-bond acceptors (Lipinski definition) is 2. The Morgan fingerprint density at radius 3 is 2.78 bits per heavy atom. The Morgan fingerprint density at radius 2 is 2.22 bits per heavy atom. The molecule has 0 aromatic heterocycles. The highest BCUT2D eigenvalue weighted by Crippen LogP contribution is 2.31. The Hall–Kier alpha value is -0.290. The lowest BCUT2D eigenvalue weighted by Gasteiger charge is -2.12. The van der Waals surface area contributed by atoms with E-state index in [9.17, 15) is 4.79 Å². The first-order valence-corrected chi connectivity index (χ1v) is 6.74. The maximum atomic E-state index is 11.9. The van der Waals surface area contributed by atoms with Crippen LogP contribution in [0.25, 0.3) is 0 Å². The third kappa shape index (κ3) is 4.12. The Kier molecular flexibility index (Phi) is 5.92. The van der Waals surface area contributed by atoms with Gasteiger partial charge in [0.2, 0.25) is 0 Å². The normalized spacial score (nSPS) is 15.7. The second kappa shape index (κ2) is 6.75. The second-order valence-electron chi connectivity index (χ2n) is 4.34. The van der Waals surface area contributed by atoms with Gasteiger partial charge in [0.15, 0.2) is 0 Å². The molecule has 0 spiro atoms. The van der Waals surface area contributed by atoms with Gasteiger partial charge in [-0.2, -0.15) is 0 Å². The molecule has 0 heterocycles. The Labute approximate surface area is 126 Å². The van der Waals surface area contributed by atoms with Gasteiger partial charge in [-0.3, -0.25) is 4.79 Å². The smallest absolute Gasteiger partial charge is 0.252 e. The maximum absolute atomic E-state index is 11.9. The molecule has 1 aliphatic rings. The summed E-state index contributed by atoms with van der Waals surface area (Å²) in [6.07, 6.45) is 2.35. The molecule has 1 atom stereocenters. The molecule has 1 unspecified atom stereocenters. The van der Waals surface area contributed by atoms with Crippen molar-refractivity contribution >= 4 is 45.8 Å². The molecule has 0 saturated heterocycles. The van der Waals surface area contributed by atoms with Crippen molar-refractivity contribution in [3.63, 3.8) is 0 Å². The van der Waals surface area contributed by atoms with Gasteiger partial charge in [0.05, 0.1) is 10.6 Å². The first-order chi connectivity index (χ1) is 8.08. The quantitative estimate of drug-likeness (QED) is 0.874. The zero-order chi connectivity index (χ0) is 12.4. The Bertz CT molecular complexity index is 438. The number of rotatable bonds is 4. The van der Waals surface area contributed by atoms with Crippen LogP contribution in [0, 0.1) is 5.92 Å². The van der Waals surface area contributed by atoms with Gasteiger partial charge in [-0.25, -0.2) is 0 Å². The number of hydrogen-bond donors (Lipinski definition) is 2. The van der Waals surface area contributed by atoms with Crippen LogP contribution in [0.15, 0.2) is 22.7 Å². The first-order valence-electron chi connectivity index (χ1n) is 5.57. The molecule has 1 fully saturated rings. The van der Waals surface area contributed by atoms with Crippen molar-refractivity contribution in [2.75, 3.05) is 6.54 Å². The molecular weight excluding hydrogens is 339 g/mol. The summed E-state index contributed by atoms with van der Waals surface area (Å²) in [5.74, 6) is 0.411. The molecule has 1 aromatic carbocycles. The van der Waals surface area contributed by atoms with Gasteiger partial charge >= 0.3 is 0 Å². The molecule has 6 heteroatoms. The summed E-state index contributed by atoms with van der Waals surface area (Å²) < 4.78 is 0.855. The van der Waals surface area contributed by atoms with Gasteiger partial charge in [0.1, 0.15) is 0 Å². The maximum Gasteiger partial charge on any atom is 0.252 e. The van der Waals surface area contributed by atoms with Crippen LogP contribution in [-0.4, -0.2) is 18.5 Å². The minimum atomic E-state index is -0.168. The monoisotopic (exact) mass is 352 g/mol. The van der Waals surface area contributed by atoms with Gasteiger partial charge in [-0.15, -0.1) is 12.4 Å². The molecule has 2 rings (SSSR count). The molecular formula is C12H15BrCl2N2O. The van der Waals surface area contributed by atoms with E-state index in [1.165, 1.54) is 12.8 Å². The molecule has 0 bridgehead atoms. The highest BCUT2D eigenvalue weighted by atomic mass is 79.9. The zero-order valence-electron chi connectivity index (χ0n) is 9.66. The fourth-order valence-electron chi connectivity index (χ4n) is 1.67. The van der Waals surface area contributed by atoms with Gasteiger partial charge in [0, 0.05) is 17.1 Å². The van der Waals surface area contributed by atoms with E-state index in [1.54, 1.807) is 18.2 Å². The molecule has 0 aliphatic heterocycles. The summed E-state index contributed by atoms with van der Waals surface area (Å²) in [6.45, 7) is 0.510. The molecule has 18 heavy (non-hydrogen) atoms. The van der Waals surface area contributed by atoms with E-state index in [1.807, 2.05) is 0 Å². The minimum Gasteiger partial charge on any atom is -0.350 e. The predicted octanol–water partition coefficient (Wildman–Crippen LogP) is 2.99. The van der Waals surface area contributed by atoms with Crippen molar-refractivity contribution in [3.8, 4) is 0 Å². The summed E-state index contributed by atoms with van der Waals surface area (Å²) in [5, 5.41) is 3.26. The molecule has 3 N–H and O–H groups in total. The molecule has 1 aliphatic carbocycles. The molecule has 100 valence electrons. The largest absolute Gasteiger partial charge is 0.350 e. The van der Waals surface area contributed by atoms with Crippen LogP contribution >= 0.6 is 39.9 Å². The summed E-state index contributed by atoms with van der Waals surface area (Å²) in [7, 11) is 0. The lowest BCUT2D eigenvalue weighted by atomic mass is 10.2. The standard InChI is InChI=1S/C12H14BrClN2O.ClH/c13-8-3-4-9(10(14)5-8)12(17)16-6-11(15)7-1-2-7;/h3-5,7,11H,1-2,6,15H2,(H,16,17);1H. The van der Waals surface area contributed by atoms with Crippen LogP contribution in [-0.2, 0) is 0 Å². The zero-order valence-corrected chi connectivity index (χ0v) is 12.8. The predicted molar refractivity (Wildman–Crippen MR) is 79.4 cm³/mol. The van der Waals surface area contributed by atoms with Crippen molar-refractivity contribution in [1.29, 1.82) is 0 Å². The van der Waals surface area contributed by atoms with Crippen molar-refractivity contribution in [3.05, 3.63) is 33.3 Å². The lowest BCUT2D eigenvalue weighted by molar-refractivity contribution is 0.0950. The van der Waals surface area contributed by atoms with Gasteiger partial charge in [0.25, 0.3) is 5.91 Å². The number of carbonyl (C=O) groups is 1. The van der Waals surface area contributed by atoms with Crippen molar-refractivity contribution in [2.45, 2.75) is 18.9 Å². The Morgan fingerprint density at radius 1 is 1.56 bits per heavy atom. The van der Waals surface area contributed by atoms with E-state index in [-0.39, 0.29) is 24.4 Å². The van der Waals surface area contributed by atoms with E-state index >= 15 is 0 Å². The summed E-state index contributed by atoms with van der Waals surface area (Å²) in [4.78, 5) is 11.9. The number of carbonyl (C=O) groups excluding carboxylic acids is 1. The average Bonchev–Trinajstić information content (AvgIpc) is 3.09. The highest BCUT2D eigenvalue weighted by Gasteiger charge is 2.28. The summed E-state index contributed by atoms with van der Waals surface area (Å²) >= 11 is 9.29.